The number of ether oxygens (including phenoxy) is 1. The number of hydrogen-bond donors (Lipinski definition) is 0. The molecule has 1 aromatic rings. The molecule has 0 radical (unpaired) electrons. The zero-order valence-electron chi connectivity index (χ0n) is 8.72. The van der Waals surface area contributed by atoms with Crippen molar-refractivity contribution in [1.29, 1.82) is 5.26 Å². The largest absolute Gasteiger partial charge is 0.467 e. The van der Waals surface area contributed by atoms with Crippen LogP contribution in [0.1, 0.15) is 18.7 Å². The van der Waals surface area contributed by atoms with Gasteiger partial charge in [-0.25, -0.2) is 0 Å². The van der Waals surface area contributed by atoms with E-state index in [1.807, 2.05) is 19.1 Å². The number of rotatable bonds is 2. The number of nitriles is 1. The fourth-order valence-corrected chi connectivity index (χ4v) is 1.85. The number of hydrogen-bond acceptors (Lipinski definition) is 4. The maximum Gasteiger partial charge on any atom is 0.157 e. The van der Waals surface area contributed by atoms with Crippen LogP contribution in [0.4, 0.5) is 0 Å². The lowest BCUT2D eigenvalue weighted by atomic mass is 10.2. The molecule has 0 saturated carbocycles. The second kappa shape index (κ2) is 4.47. The van der Waals surface area contributed by atoms with Crippen molar-refractivity contribution in [2.24, 2.45) is 0 Å². The maximum atomic E-state index is 9.14. The SMILES string of the molecule is CC1CN(C(C#N)c2ccco2)CCO1. The Morgan fingerprint density at radius 2 is 2.53 bits per heavy atom. The first-order valence-corrected chi connectivity index (χ1v) is 5.10. The van der Waals surface area contributed by atoms with Gasteiger partial charge in [0.25, 0.3) is 0 Å². The second-order valence-electron chi connectivity index (χ2n) is 3.72. The molecule has 2 atom stereocenters. The predicted molar refractivity (Wildman–Crippen MR) is 54.0 cm³/mol. The van der Waals surface area contributed by atoms with Gasteiger partial charge in [0.05, 0.1) is 25.0 Å². The lowest BCUT2D eigenvalue weighted by Gasteiger charge is -2.33. The summed E-state index contributed by atoms with van der Waals surface area (Å²) in [7, 11) is 0. The molecule has 0 amide bonds. The van der Waals surface area contributed by atoms with E-state index >= 15 is 0 Å². The van der Waals surface area contributed by atoms with Crippen molar-refractivity contribution in [1.82, 2.24) is 4.90 Å². The number of nitrogens with zero attached hydrogens (tertiary/aromatic N) is 2. The average molecular weight is 206 g/mol. The smallest absolute Gasteiger partial charge is 0.157 e. The van der Waals surface area contributed by atoms with E-state index in [0.29, 0.717) is 12.4 Å². The Morgan fingerprint density at radius 1 is 1.67 bits per heavy atom. The topological polar surface area (TPSA) is 49.4 Å². The van der Waals surface area contributed by atoms with E-state index in [4.69, 9.17) is 14.4 Å². The van der Waals surface area contributed by atoms with Crippen LogP contribution in [0.15, 0.2) is 22.8 Å². The van der Waals surface area contributed by atoms with E-state index in [1.54, 1.807) is 6.26 Å². The molecule has 1 fully saturated rings. The quantitative estimate of drug-likeness (QED) is 0.737. The first-order chi connectivity index (χ1) is 7.31. The van der Waals surface area contributed by atoms with E-state index in [-0.39, 0.29) is 12.1 Å². The third-order valence-electron chi connectivity index (χ3n) is 2.57. The van der Waals surface area contributed by atoms with Crippen LogP contribution in [0.2, 0.25) is 0 Å². The van der Waals surface area contributed by atoms with Crippen LogP contribution in [0.5, 0.6) is 0 Å². The second-order valence-corrected chi connectivity index (χ2v) is 3.72. The summed E-state index contributed by atoms with van der Waals surface area (Å²) in [5.74, 6) is 0.714. The molecule has 0 bridgehead atoms. The van der Waals surface area contributed by atoms with Gasteiger partial charge in [0.15, 0.2) is 6.04 Å². The van der Waals surface area contributed by atoms with Crippen LogP contribution < -0.4 is 0 Å². The summed E-state index contributed by atoms with van der Waals surface area (Å²) < 4.78 is 10.7. The van der Waals surface area contributed by atoms with Crippen molar-refractivity contribution >= 4 is 0 Å². The highest BCUT2D eigenvalue weighted by atomic mass is 16.5. The highest BCUT2D eigenvalue weighted by Gasteiger charge is 2.26. The van der Waals surface area contributed by atoms with Crippen molar-refractivity contribution < 1.29 is 9.15 Å². The summed E-state index contributed by atoms with van der Waals surface area (Å²) in [6.07, 6.45) is 1.79. The van der Waals surface area contributed by atoms with Crippen LogP contribution in [0, 0.1) is 11.3 Å². The molecule has 1 saturated heterocycles. The van der Waals surface area contributed by atoms with Crippen LogP contribution in [0.25, 0.3) is 0 Å². The first-order valence-electron chi connectivity index (χ1n) is 5.10. The van der Waals surface area contributed by atoms with Crippen molar-refractivity contribution in [3.8, 4) is 6.07 Å². The van der Waals surface area contributed by atoms with Gasteiger partial charge < -0.3 is 9.15 Å². The third kappa shape index (κ3) is 2.20. The van der Waals surface area contributed by atoms with Gasteiger partial charge in [-0.2, -0.15) is 5.26 Å². The summed E-state index contributed by atoms with van der Waals surface area (Å²) in [5.41, 5.74) is 0. The molecular weight excluding hydrogens is 192 g/mol. The zero-order valence-corrected chi connectivity index (χ0v) is 8.72. The Kier molecular flexibility index (Phi) is 3.05. The van der Waals surface area contributed by atoms with Gasteiger partial charge in [0.1, 0.15) is 5.76 Å². The van der Waals surface area contributed by atoms with Gasteiger partial charge in [0.2, 0.25) is 0 Å². The summed E-state index contributed by atoms with van der Waals surface area (Å²) in [6.45, 7) is 4.25. The molecule has 0 N–H and O–H groups in total. The van der Waals surface area contributed by atoms with Crippen LogP contribution in [-0.2, 0) is 4.74 Å². The minimum absolute atomic E-state index is 0.185. The minimum atomic E-state index is -0.286. The van der Waals surface area contributed by atoms with Gasteiger partial charge in [-0.05, 0) is 19.1 Å². The molecule has 1 aliphatic heterocycles. The summed E-state index contributed by atoms with van der Waals surface area (Å²) in [5, 5.41) is 9.14. The standard InChI is InChI=1S/C11H14N2O2/c1-9-8-13(4-6-14-9)10(7-12)11-3-2-5-15-11/h2-3,5,9-10H,4,6,8H2,1H3. The van der Waals surface area contributed by atoms with Gasteiger partial charge in [0, 0.05) is 13.1 Å². The van der Waals surface area contributed by atoms with Crippen LogP contribution in [-0.4, -0.2) is 30.7 Å². The Bertz CT molecular complexity index is 342. The van der Waals surface area contributed by atoms with Crippen molar-refractivity contribution in [3.05, 3.63) is 24.2 Å². The molecule has 0 aliphatic carbocycles. The maximum absolute atomic E-state index is 9.14. The summed E-state index contributed by atoms with van der Waals surface area (Å²) in [6, 6.07) is 5.64. The molecule has 0 spiro atoms. The minimum Gasteiger partial charge on any atom is -0.467 e. The number of morpholine rings is 1. The Morgan fingerprint density at radius 3 is 3.13 bits per heavy atom. The van der Waals surface area contributed by atoms with Gasteiger partial charge in [-0.1, -0.05) is 0 Å². The van der Waals surface area contributed by atoms with Crippen LogP contribution in [0.3, 0.4) is 0 Å². The Labute approximate surface area is 89.0 Å². The van der Waals surface area contributed by atoms with E-state index in [0.717, 1.165) is 13.1 Å². The highest BCUT2D eigenvalue weighted by molar-refractivity contribution is 5.13. The molecule has 2 rings (SSSR count). The molecule has 0 aromatic carbocycles. The van der Waals surface area contributed by atoms with Gasteiger partial charge in [-0.3, -0.25) is 4.90 Å². The predicted octanol–water partition coefficient (Wildman–Crippen LogP) is 1.56. The van der Waals surface area contributed by atoms with E-state index in [9.17, 15) is 0 Å². The lowest BCUT2D eigenvalue weighted by molar-refractivity contribution is -0.0292. The zero-order chi connectivity index (χ0) is 10.7. The summed E-state index contributed by atoms with van der Waals surface area (Å²) >= 11 is 0. The third-order valence-corrected chi connectivity index (χ3v) is 2.57. The number of furan rings is 1. The van der Waals surface area contributed by atoms with Crippen molar-refractivity contribution in [3.63, 3.8) is 0 Å². The molecule has 1 aliphatic rings. The van der Waals surface area contributed by atoms with Gasteiger partial charge in [-0.15, -0.1) is 0 Å². The lowest BCUT2D eigenvalue weighted by Crippen LogP contribution is -2.42. The molecular formula is C11H14N2O2. The molecule has 80 valence electrons. The van der Waals surface area contributed by atoms with Crippen molar-refractivity contribution in [2.45, 2.75) is 19.1 Å². The van der Waals surface area contributed by atoms with Crippen LogP contribution >= 0.6 is 0 Å². The van der Waals surface area contributed by atoms with E-state index in [1.165, 1.54) is 0 Å². The van der Waals surface area contributed by atoms with Gasteiger partial charge >= 0.3 is 0 Å². The fourth-order valence-electron chi connectivity index (χ4n) is 1.85. The normalized spacial score (nSPS) is 24.7. The van der Waals surface area contributed by atoms with E-state index in [2.05, 4.69) is 11.0 Å². The summed E-state index contributed by atoms with van der Waals surface area (Å²) in [4.78, 5) is 2.09. The van der Waals surface area contributed by atoms with E-state index < -0.39 is 0 Å². The average Bonchev–Trinajstić information content (AvgIpc) is 2.72. The van der Waals surface area contributed by atoms with Crippen molar-refractivity contribution in [2.75, 3.05) is 19.7 Å². The highest BCUT2D eigenvalue weighted by Crippen LogP contribution is 2.22. The first kappa shape index (κ1) is 10.2. The molecule has 4 heteroatoms. The molecule has 1 aromatic heterocycles. The molecule has 2 heterocycles. The Hall–Kier alpha value is -1.31. The monoisotopic (exact) mass is 206 g/mol. The molecule has 2 unspecified atom stereocenters. The molecule has 15 heavy (non-hydrogen) atoms. The fraction of sp³-hybridized carbons (Fsp3) is 0.545. The Balaban J connectivity index is 2.10. The molecule has 4 nitrogen and oxygen atoms in total.